The zero-order valence-electron chi connectivity index (χ0n) is 11.6. The van der Waals surface area contributed by atoms with E-state index >= 15 is 0 Å². The maximum Gasteiger partial charge on any atom is 0.115 e. The number of rotatable bonds is 1. The molecule has 3 heteroatoms. The molecule has 2 nitrogen and oxygen atoms in total. The highest BCUT2D eigenvalue weighted by molar-refractivity contribution is 7.12. The van der Waals surface area contributed by atoms with Gasteiger partial charge in [0.25, 0.3) is 0 Å². The molecule has 2 N–H and O–H groups in total. The lowest BCUT2D eigenvalue weighted by Crippen LogP contribution is -2.41. The molecule has 1 aliphatic heterocycles. The van der Waals surface area contributed by atoms with E-state index in [4.69, 9.17) is 0 Å². The smallest absolute Gasteiger partial charge is 0.115 e. The van der Waals surface area contributed by atoms with Crippen LogP contribution in [0.1, 0.15) is 45.7 Å². The molecule has 2 aromatic rings. The van der Waals surface area contributed by atoms with Crippen molar-refractivity contribution >= 4 is 11.3 Å². The average Bonchev–Trinajstić information content (AvgIpc) is 2.89. The van der Waals surface area contributed by atoms with Gasteiger partial charge in [-0.2, -0.15) is 0 Å². The van der Waals surface area contributed by atoms with Crippen LogP contribution in [0.15, 0.2) is 24.3 Å². The van der Waals surface area contributed by atoms with Gasteiger partial charge < -0.3 is 10.4 Å². The van der Waals surface area contributed by atoms with Crippen molar-refractivity contribution in [3.8, 4) is 5.75 Å². The van der Waals surface area contributed by atoms with Gasteiger partial charge in [0.15, 0.2) is 0 Å². The lowest BCUT2D eigenvalue weighted by Gasteiger charge is -2.37. The summed E-state index contributed by atoms with van der Waals surface area (Å²) >= 11 is 1.97. The molecule has 4 rings (SSSR count). The molecular weight excluding hydrogens is 266 g/mol. The van der Waals surface area contributed by atoms with Gasteiger partial charge in [-0.05, 0) is 54.2 Å². The molecule has 2 atom stereocenters. The first kappa shape index (κ1) is 12.4. The molecule has 20 heavy (non-hydrogen) atoms. The second kappa shape index (κ2) is 4.61. The number of aromatic hydroxyl groups is 1. The fourth-order valence-electron chi connectivity index (χ4n) is 3.66. The summed E-state index contributed by atoms with van der Waals surface area (Å²) in [5.41, 5.74) is 4.20. The molecule has 1 aromatic heterocycles. The molecule has 0 saturated heterocycles. The van der Waals surface area contributed by atoms with E-state index in [-0.39, 0.29) is 0 Å². The average molecular weight is 285 g/mol. The molecule has 2 heterocycles. The van der Waals surface area contributed by atoms with Crippen molar-refractivity contribution < 1.29 is 5.11 Å². The number of thiophene rings is 1. The van der Waals surface area contributed by atoms with Gasteiger partial charge in [0.05, 0.1) is 0 Å². The maximum absolute atomic E-state index is 9.86. The SMILES string of the molecule is CCc1cc2c(s1)C1c3cc(O)ccc3CCC1NC2. The Morgan fingerprint density at radius 1 is 1.30 bits per heavy atom. The normalized spacial score (nSPS) is 23.9. The fraction of sp³-hybridized carbons (Fsp3) is 0.412. The summed E-state index contributed by atoms with van der Waals surface area (Å²) in [4.78, 5) is 3.00. The number of fused-ring (bicyclic) bond motifs is 5. The highest BCUT2D eigenvalue weighted by Crippen LogP contribution is 2.45. The van der Waals surface area contributed by atoms with E-state index in [1.807, 2.05) is 23.5 Å². The summed E-state index contributed by atoms with van der Waals surface area (Å²) in [5, 5.41) is 13.6. The van der Waals surface area contributed by atoms with E-state index in [0.717, 1.165) is 19.4 Å². The summed E-state index contributed by atoms with van der Waals surface area (Å²) < 4.78 is 0. The molecule has 0 spiro atoms. The van der Waals surface area contributed by atoms with Crippen LogP contribution < -0.4 is 5.32 Å². The third-order valence-electron chi connectivity index (χ3n) is 4.67. The molecule has 104 valence electrons. The molecule has 0 fully saturated rings. The van der Waals surface area contributed by atoms with Crippen molar-refractivity contribution in [1.82, 2.24) is 5.32 Å². The minimum atomic E-state index is 0.392. The van der Waals surface area contributed by atoms with Crippen LogP contribution in [0.3, 0.4) is 0 Å². The highest BCUT2D eigenvalue weighted by Gasteiger charge is 2.36. The predicted octanol–water partition coefficient (Wildman–Crippen LogP) is 3.57. The summed E-state index contributed by atoms with van der Waals surface area (Å²) in [7, 11) is 0. The monoisotopic (exact) mass is 285 g/mol. The standard InChI is InChI=1S/C17H19NOS/c1-2-13-7-11-9-18-15-6-4-10-3-5-12(19)8-14(10)16(15)17(11)20-13/h3,5,7-8,15-16,18-19H,2,4,6,9H2,1H3. The van der Waals surface area contributed by atoms with Crippen molar-refractivity contribution in [2.45, 2.75) is 44.7 Å². The van der Waals surface area contributed by atoms with Crippen LogP contribution in [0.2, 0.25) is 0 Å². The Bertz CT molecular complexity index is 661. The number of phenols is 1. The molecule has 0 bridgehead atoms. The first-order chi connectivity index (χ1) is 9.76. The zero-order valence-corrected chi connectivity index (χ0v) is 12.5. The molecule has 2 aliphatic rings. The number of aryl methyl sites for hydroxylation is 2. The Kier molecular flexibility index (Phi) is 2.86. The predicted molar refractivity (Wildman–Crippen MR) is 82.6 cm³/mol. The van der Waals surface area contributed by atoms with Gasteiger partial charge in [0.1, 0.15) is 5.75 Å². The second-order valence-corrected chi connectivity index (χ2v) is 7.01. The van der Waals surface area contributed by atoms with Crippen LogP contribution in [0.5, 0.6) is 5.75 Å². The highest BCUT2D eigenvalue weighted by atomic mass is 32.1. The zero-order chi connectivity index (χ0) is 13.7. The lowest BCUT2D eigenvalue weighted by atomic mass is 9.76. The summed E-state index contributed by atoms with van der Waals surface area (Å²) in [6, 6.07) is 8.79. The lowest BCUT2D eigenvalue weighted by molar-refractivity contribution is 0.396. The first-order valence-electron chi connectivity index (χ1n) is 7.43. The summed E-state index contributed by atoms with van der Waals surface area (Å²) in [6.45, 7) is 3.23. The summed E-state index contributed by atoms with van der Waals surface area (Å²) in [6.07, 6.45) is 3.42. The van der Waals surface area contributed by atoms with Crippen molar-refractivity contribution in [2.75, 3.05) is 0 Å². The Labute approximate surface area is 123 Å². The molecule has 0 amide bonds. The molecule has 1 aromatic carbocycles. The van der Waals surface area contributed by atoms with Crippen LogP contribution in [-0.4, -0.2) is 11.1 Å². The number of nitrogens with one attached hydrogen (secondary N) is 1. The molecule has 2 unspecified atom stereocenters. The molecule has 0 saturated carbocycles. The second-order valence-electron chi connectivity index (χ2n) is 5.84. The van der Waals surface area contributed by atoms with Crippen LogP contribution in [0.25, 0.3) is 0 Å². The van der Waals surface area contributed by atoms with E-state index in [1.54, 1.807) is 0 Å². The number of phenolic OH excluding ortho intramolecular Hbond substituents is 1. The third-order valence-corrected chi connectivity index (χ3v) is 6.07. The van der Waals surface area contributed by atoms with Gasteiger partial charge in [-0.25, -0.2) is 0 Å². The largest absolute Gasteiger partial charge is 0.508 e. The van der Waals surface area contributed by atoms with E-state index in [1.165, 1.54) is 32.9 Å². The Morgan fingerprint density at radius 3 is 3.05 bits per heavy atom. The third kappa shape index (κ3) is 1.80. The van der Waals surface area contributed by atoms with Gasteiger partial charge in [-0.1, -0.05) is 13.0 Å². The van der Waals surface area contributed by atoms with Crippen molar-refractivity contribution in [3.63, 3.8) is 0 Å². The minimum absolute atomic E-state index is 0.392. The Balaban J connectivity index is 1.88. The Hall–Kier alpha value is -1.32. The molecule has 0 radical (unpaired) electrons. The van der Waals surface area contributed by atoms with Gasteiger partial charge >= 0.3 is 0 Å². The van der Waals surface area contributed by atoms with E-state index in [9.17, 15) is 5.11 Å². The number of hydrogen-bond acceptors (Lipinski definition) is 3. The Morgan fingerprint density at radius 2 is 2.20 bits per heavy atom. The molecule has 1 aliphatic carbocycles. The number of hydrogen-bond donors (Lipinski definition) is 2. The van der Waals surface area contributed by atoms with Crippen molar-refractivity contribution in [3.05, 3.63) is 50.7 Å². The van der Waals surface area contributed by atoms with Crippen LogP contribution in [-0.2, 0) is 19.4 Å². The van der Waals surface area contributed by atoms with Crippen molar-refractivity contribution in [2.24, 2.45) is 0 Å². The quantitative estimate of drug-likeness (QED) is 0.839. The summed E-state index contributed by atoms with van der Waals surface area (Å²) in [5.74, 6) is 0.823. The fourth-order valence-corrected chi connectivity index (χ4v) is 4.96. The van der Waals surface area contributed by atoms with Crippen LogP contribution in [0.4, 0.5) is 0 Å². The van der Waals surface area contributed by atoms with E-state index in [0.29, 0.717) is 17.7 Å². The van der Waals surface area contributed by atoms with Crippen molar-refractivity contribution in [1.29, 1.82) is 0 Å². The number of benzene rings is 1. The first-order valence-corrected chi connectivity index (χ1v) is 8.24. The minimum Gasteiger partial charge on any atom is -0.508 e. The van der Waals surface area contributed by atoms with Gasteiger partial charge in [0, 0.05) is 28.3 Å². The van der Waals surface area contributed by atoms with Crippen LogP contribution in [0, 0.1) is 0 Å². The topological polar surface area (TPSA) is 32.3 Å². The molecular formula is C17H19NOS. The van der Waals surface area contributed by atoms with Gasteiger partial charge in [-0.15, -0.1) is 11.3 Å². The van der Waals surface area contributed by atoms with E-state index in [2.05, 4.69) is 24.4 Å². The maximum atomic E-state index is 9.86. The van der Waals surface area contributed by atoms with Gasteiger partial charge in [0.2, 0.25) is 0 Å². The van der Waals surface area contributed by atoms with Crippen LogP contribution >= 0.6 is 11.3 Å². The van der Waals surface area contributed by atoms with E-state index < -0.39 is 0 Å². The van der Waals surface area contributed by atoms with Gasteiger partial charge in [-0.3, -0.25) is 0 Å².